The fourth-order valence-electron chi connectivity index (χ4n) is 4.58. The maximum Gasteiger partial charge on any atom is 0.243 e. The van der Waals surface area contributed by atoms with Crippen molar-refractivity contribution >= 4 is 27.5 Å². The number of likely N-dealkylation sites (N-methyl/N-ethyl adjacent to an activating group) is 1. The second-order valence-corrected chi connectivity index (χ2v) is 11.5. The molecule has 0 aromatic heterocycles. The van der Waals surface area contributed by atoms with Gasteiger partial charge in [-0.15, -0.1) is 0 Å². The van der Waals surface area contributed by atoms with Gasteiger partial charge >= 0.3 is 0 Å². The predicted molar refractivity (Wildman–Crippen MR) is 161 cm³/mol. The van der Waals surface area contributed by atoms with E-state index in [1.165, 1.54) is 11.4 Å². The molecule has 41 heavy (non-hydrogen) atoms. The van der Waals surface area contributed by atoms with Crippen LogP contribution in [0.1, 0.15) is 30.9 Å². The number of rotatable bonds is 15. The van der Waals surface area contributed by atoms with Gasteiger partial charge in [-0.3, -0.25) is 13.9 Å². The minimum atomic E-state index is -3.62. The van der Waals surface area contributed by atoms with Gasteiger partial charge in [0.15, 0.2) is 0 Å². The lowest BCUT2D eigenvalue weighted by molar-refractivity contribution is -0.141. The van der Waals surface area contributed by atoms with Crippen molar-refractivity contribution in [2.24, 2.45) is 0 Å². The average molecular weight is 582 g/mol. The maximum absolute atomic E-state index is 13.8. The molecule has 0 saturated carbocycles. The van der Waals surface area contributed by atoms with Gasteiger partial charge < -0.3 is 19.7 Å². The van der Waals surface area contributed by atoms with Crippen molar-refractivity contribution < 1.29 is 27.5 Å². The van der Waals surface area contributed by atoms with E-state index in [1.807, 2.05) is 61.5 Å². The molecule has 0 unspecified atom stereocenters. The number of benzene rings is 3. The molecule has 3 aromatic carbocycles. The van der Waals surface area contributed by atoms with Crippen molar-refractivity contribution in [3.8, 4) is 11.5 Å². The maximum atomic E-state index is 13.8. The third-order valence-corrected chi connectivity index (χ3v) is 7.80. The zero-order chi connectivity index (χ0) is 29.8. The second kappa shape index (κ2) is 15.1. The van der Waals surface area contributed by atoms with Crippen LogP contribution in [-0.4, -0.2) is 64.7 Å². The molecule has 3 aromatic rings. The van der Waals surface area contributed by atoms with Crippen LogP contribution in [-0.2, 0) is 32.6 Å². The minimum Gasteiger partial charge on any atom is -0.497 e. The number of sulfonamides is 1. The summed E-state index contributed by atoms with van der Waals surface area (Å²) in [6, 6.07) is 23.0. The summed E-state index contributed by atoms with van der Waals surface area (Å²) in [6.07, 6.45) is 1.77. The summed E-state index contributed by atoms with van der Waals surface area (Å²) in [6.45, 7) is 2.55. The number of nitrogens with one attached hydrogen (secondary N) is 1. The van der Waals surface area contributed by atoms with E-state index >= 15 is 0 Å². The molecular weight excluding hydrogens is 542 g/mol. The lowest BCUT2D eigenvalue weighted by Crippen LogP contribution is -2.50. The molecule has 10 heteroatoms. The van der Waals surface area contributed by atoms with Gasteiger partial charge in [0.2, 0.25) is 21.8 Å². The Morgan fingerprint density at radius 1 is 0.878 bits per heavy atom. The monoisotopic (exact) mass is 581 g/mol. The molecule has 0 saturated heterocycles. The van der Waals surface area contributed by atoms with Gasteiger partial charge in [-0.1, -0.05) is 48.5 Å². The third kappa shape index (κ3) is 9.24. The molecule has 0 bridgehead atoms. The van der Waals surface area contributed by atoms with Crippen LogP contribution in [0.2, 0.25) is 0 Å². The Bertz CT molecular complexity index is 1400. The highest BCUT2D eigenvalue weighted by atomic mass is 32.2. The van der Waals surface area contributed by atoms with Crippen molar-refractivity contribution in [1.82, 2.24) is 10.2 Å². The Labute approximate surface area is 243 Å². The van der Waals surface area contributed by atoms with Crippen LogP contribution in [0.25, 0.3) is 0 Å². The number of hydrogen-bond donors (Lipinski definition) is 1. The zero-order valence-electron chi connectivity index (χ0n) is 24.1. The zero-order valence-corrected chi connectivity index (χ0v) is 24.9. The summed E-state index contributed by atoms with van der Waals surface area (Å²) in [5, 5.41) is 2.88. The first-order valence-corrected chi connectivity index (χ1v) is 15.4. The van der Waals surface area contributed by atoms with Crippen molar-refractivity contribution in [2.75, 3.05) is 37.9 Å². The molecule has 1 atom stereocenters. The molecule has 0 aliphatic rings. The molecule has 220 valence electrons. The van der Waals surface area contributed by atoms with Crippen LogP contribution in [0.15, 0.2) is 78.9 Å². The van der Waals surface area contributed by atoms with Crippen molar-refractivity contribution in [1.29, 1.82) is 0 Å². The molecule has 0 heterocycles. The smallest absolute Gasteiger partial charge is 0.243 e. The van der Waals surface area contributed by atoms with E-state index in [1.54, 1.807) is 36.3 Å². The Balaban J connectivity index is 1.88. The van der Waals surface area contributed by atoms with Crippen LogP contribution in [0.3, 0.4) is 0 Å². The first-order chi connectivity index (χ1) is 19.7. The van der Waals surface area contributed by atoms with Gasteiger partial charge in [0.1, 0.15) is 17.5 Å². The van der Waals surface area contributed by atoms with E-state index in [9.17, 15) is 18.0 Å². The Morgan fingerprint density at radius 3 is 2.15 bits per heavy atom. The topological polar surface area (TPSA) is 105 Å². The van der Waals surface area contributed by atoms with Crippen LogP contribution in [0, 0.1) is 0 Å². The summed E-state index contributed by atoms with van der Waals surface area (Å²) in [5.41, 5.74) is 2.19. The Kier molecular flexibility index (Phi) is 11.6. The van der Waals surface area contributed by atoms with Gasteiger partial charge in [-0.25, -0.2) is 8.42 Å². The van der Waals surface area contributed by atoms with Crippen molar-refractivity contribution in [3.05, 3.63) is 90.0 Å². The SMILES string of the molecule is CCNC(=O)[C@H](Cc1ccccc1)N(Cc1cccc(OC)c1)C(=O)CCCN(c1cccc(OC)c1)S(C)(=O)=O. The standard InChI is InChI=1S/C31H39N3O6S/c1-5-32-31(36)29(21-24-12-7-6-8-13-24)33(23-25-14-9-16-27(20-25)39-2)30(35)18-11-19-34(41(4,37)38)26-15-10-17-28(22-26)40-3/h6-10,12-17,20,22,29H,5,11,18-19,21,23H2,1-4H3,(H,32,36)/t29-/m0/s1. The summed E-state index contributed by atoms with van der Waals surface area (Å²) >= 11 is 0. The van der Waals surface area contributed by atoms with Gasteiger partial charge in [0, 0.05) is 38.5 Å². The number of carbonyl (C=O) groups is 2. The van der Waals surface area contributed by atoms with E-state index in [0.29, 0.717) is 30.2 Å². The average Bonchev–Trinajstić information content (AvgIpc) is 2.97. The second-order valence-electron chi connectivity index (χ2n) is 9.61. The fraction of sp³-hybridized carbons (Fsp3) is 0.355. The first-order valence-electron chi connectivity index (χ1n) is 13.5. The first kappa shape index (κ1) is 31.5. The number of hydrogen-bond acceptors (Lipinski definition) is 6. The van der Waals surface area contributed by atoms with Crippen molar-refractivity contribution in [2.45, 2.75) is 38.8 Å². The molecule has 0 spiro atoms. The number of methoxy groups -OCH3 is 2. The summed E-state index contributed by atoms with van der Waals surface area (Å²) in [5.74, 6) is 0.679. The molecule has 3 rings (SSSR count). The van der Waals surface area contributed by atoms with Crippen LogP contribution < -0.4 is 19.1 Å². The summed E-state index contributed by atoms with van der Waals surface area (Å²) in [4.78, 5) is 28.8. The highest BCUT2D eigenvalue weighted by molar-refractivity contribution is 7.92. The highest BCUT2D eigenvalue weighted by Gasteiger charge is 2.30. The van der Waals surface area contributed by atoms with E-state index < -0.39 is 16.1 Å². The minimum absolute atomic E-state index is 0.0463. The number of nitrogens with zero attached hydrogens (tertiary/aromatic N) is 2. The van der Waals surface area contributed by atoms with Crippen LogP contribution in [0.4, 0.5) is 5.69 Å². The highest BCUT2D eigenvalue weighted by Crippen LogP contribution is 2.24. The molecule has 0 radical (unpaired) electrons. The molecule has 0 aliphatic carbocycles. The Hall–Kier alpha value is -4.05. The molecule has 1 N–H and O–H groups in total. The lowest BCUT2D eigenvalue weighted by atomic mass is 10.0. The van der Waals surface area contributed by atoms with E-state index in [4.69, 9.17) is 9.47 Å². The molecule has 0 aliphatic heterocycles. The summed E-state index contributed by atoms with van der Waals surface area (Å²) in [7, 11) is -0.532. The van der Waals surface area contributed by atoms with Gasteiger partial charge in [-0.2, -0.15) is 0 Å². The third-order valence-electron chi connectivity index (χ3n) is 6.60. The molecule has 9 nitrogen and oxygen atoms in total. The summed E-state index contributed by atoms with van der Waals surface area (Å²) < 4.78 is 37.2. The normalized spacial score (nSPS) is 11.8. The number of ether oxygens (including phenoxy) is 2. The van der Waals surface area contributed by atoms with Crippen LogP contribution >= 0.6 is 0 Å². The largest absolute Gasteiger partial charge is 0.497 e. The van der Waals surface area contributed by atoms with Gasteiger partial charge in [-0.05, 0) is 48.7 Å². The number of anilines is 1. The van der Waals surface area contributed by atoms with Gasteiger partial charge in [0.05, 0.1) is 26.2 Å². The molecular formula is C31H39N3O6S. The predicted octanol–water partition coefficient (Wildman–Crippen LogP) is 4.03. The van der Waals surface area contributed by atoms with Crippen LogP contribution in [0.5, 0.6) is 11.5 Å². The Morgan fingerprint density at radius 2 is 1.51 bits per heavy atom. The number of amides is 2. The van der Waals surface area contributed by atoms with Crippen molar-refractivity contribution in [3.63, 3.8) is 0 Å². The van der Waals surface area contributed by atoms with E-state index in [2.05, 4.69) is 5.32 Å². The van der Waals surface area contributed by atoms with E-state index in [-0.39, 0.29) is 37.7 Å². The molecule has 2 amide bonds. The fourth-order valence-corrected chi connectivity index (χ4v) is 5.54. The van der Waals surface area contributed by atoms with Gasteiger partial charge in [0.25, 0.3) is 0 Å². The quantitative estimate of drug-likeness (QED) is 0.291. The lowest BCUT2D eigenvalue weighted by Gasteiger charge is -2.32. The number of carbonyl (C=O) groups excluding carboxylic acids is 2. The van der Waals surface area contributed by atoms with E-state index in [0.717, 1.165) is 17.4 Å². The molecule has 0 fully saturated rings.